The highest BCUT2D eigenvalue weighted by Crippen LogP contribution is 2.42. The standard InChI is InChI=1S/C20H16O5/c1-22-14-8-5-7-12-17(14)13-10-16(24-3)18-11(19(13)25-20(12)21)6-4-9-15(18)23-2/h4-10H,1-3H3. The van der Waals surface area contributed by atoms with E-state index < -0.39 is 5.63 Å². The minimum absolute atomic E-state index is 0.407. The number of rotatable bonds is 3. The van der Waals surface area contributed by atoms with Gasteiger partial charge in [-0.1, -0.05) is 18.2 Å². The van der Waals surface area contributed by atoms with Crippen LogP contribution in [0.5, 0.6) is 17.2 Å². The third kappa shape index (κ3) is 2.12. The van der Waals surface area contributed by atoms with Gasteiger partial charge in [0.2, 0.25) is 0 Å². The van der Waals surface area contributed by atoms with Crippen LogP contribution in [0.4, 0.5) is 0 Å². The minimum atomic E-state index is -0.407. The van der Waals surface area contributed by atoms with E-state index in [9.17, 15) is 4.79 Å². The molecule has 5 heteroatoms. The maximum atomic E-state index is 12.5. The number of fused-ring (bicyclic) bond motifs is 5. The SMILES string of the molecule is COc1cccc2c1c(OC)cc1c2oc(=O)c2cccc(OC)c21. The molecule has 0 spiro atoms. The lowest BCUT2D eigenvalue weighted by molar-refractivity contribution is 0.405. The lowest BCUT2D eigenvalue weighted by atomic mass is 10.0. The zero-order valence-corrected chi connectivity index (χ0v) is 14.1. The van der Waals surface area contributed by atoms with Crippen LogP contribution in [0.1, 0.15) is 0 Å². The Labute approximate surface area is 143 Å². The number of benzene rings is 3. The van der Waals surface area contributed by atoms with Crippen molar-refractivity contribution in [1.29, 1.82) is 0 Å². The van der Waals surface area contributed by atoms with Crippen molar-refractivity contribution in [3.05, 3.63) is 52.9 Å². The fourth-order valence-electron chi connectivity index (χ4n) is 3.31. The molecule has 0 N–H and O–H groups in total. The van der Waals surface area contributed by atoms with Crippen LogP contribution in [0.25, 0.3) is 32.5 Å². The summed E-state index contributed by atoms with van der Waals surface area (Å²) in [5.41, 5.74) is 0.0763. The summed E-state index contributed by atoms with van der Waals surface area (Å²) < 4.78 is 22.2. The first kappa shape index (κ1) is 15.3. The third-order valence-electron chi connectivity index (χ3n) is 4.41. The number of methoxy groups -OCH3 is 3. The van der Waals surface area contributed by atoms with Crippen molar-refractivity contribution in [3.8, 4) is 17.2 Å². The number of ether oxygens (including phenoxy) is 3. The molecule has 0 fully saturated rings. The molecule has 0 saturated heterocycles. The van der Waals surface area contributed by atoms with Gasteiger partial charge < -0.3 is 18.6 Å². The molecule has 5 nitrogen and oxygen atoms in total. The predicted octanol–water partition coefficient (Wildman–Crippen LogP) is 4.13. The summed E-state index contributed by atoms with van der Waals surface area (Å²) in [7, 11) is 4.78. The Balaban J connectivity index is 2.34. The average molecular weight is 336 g/mol. The lowest BCUT2D eigenvalue weighted by Crippen LogP contribution is -2.02. The summed E-state index contributed by atoms with van der Waals surface area (Å²) >= 11 is 0. The first-order valence-corrected chi connectivity index (χ1v) is 7.76. The maximum Gasteiger partial charge on any atom is 0.344 e. The number of hydrogen-bond acceptors (Lipinski definition) is 5. The summed E-state index contributed by atoms with van der Waals surface area (Å²) in [5.74, 6) is 1.90. The van der Waals surface area contributed by atoms with Crippen LogP contribution < -0.4 is 19.8 Å². The van der Waals surface area contributed by atoms with E-state index in [1.165, 1.54) is 0 Å². The van der Waals surface area contributed by atoms with Crippen LogP contribution in [0, 0.1) is 0 Å². The van der Waals surface area contributed by atoms with E-state index in [1.54, 1.807) is 33.5 Å². The van der Waals surface area contributed by atoms with Gasteiger partial charge in [-0.3, -0.25) is 0 Å². The van der Waals surface area contributed by atoms with Crippen LogP contribution >= 0.6 is 0 Å². The van der Waals surface area contributed by atoms with Crippen molar-refractivity contribution in [3.63, 3.8) is 0 Å². The summed E-state index contributed by atoms with van der Waals surface area (Å²) in [6.45, 7) is 0. The largest absolute Gasteiger partial charge is 0.496 e. The van der Waals surface area contributed by atoms with Gasteiger partial charge in [0.25, 0.3) is 0 Å². The topological polar surface area (TPSA) is 57.9 Å². The highest BCUT2D eigenvalue weighted by atomic mass is 16.5. The maximum absolute atomic E-state index is 12.5. The molecule has 4 rings (SSSR count). The van der Waals surface area contributed by atoms with Gasteiger partial charge in [-0.25, -0.2) is 4.79 Å². The molecule has 0 saturated carbocycles. The van der Waals surface area contributed by atoms with E-state index in [0.29, 0.717) is 33.6 Å². The van der Waals surface area contributed by atoms with Gasteiger partial charge in [-0.2, -0.15) is 0 Å². The Morgan fingerprint density at radius 2 is 1.32 bits per heavy atom. The molecule has 1 heterocycles. The Morgan fingerprint density at radius 3 is 1.96 bits per heavy atom. The first-order chi connectivity index (χ1) is 12.2. The van der Waals surface area contributed by atoms with Gasteiger partial charge in [-0.05, 0) is 24.3 Å². The summed E-state index contributed by atoms with van der Waals surface area (Å²) in [6, 6.07) is 12.8. The van der Waals surface area contributed by atoms with Gasteiger partial charge in [0.1, 0.15) is 22.8 Å². The zero-order chi connectivity index (χ0) is 17.6. The van der Waals surface area contributed by atoms with Gasteiger partial charge in [0.15, 0.2) is 0 Å². The predicted molar refractivity (Wildman–Crippen MR) is 97.2 cm³/mol. The van der Waals surface area contributed by atoms with Crippen molar-refractivity contribution < 1.29 is 18.6 Å². The smallest absolute Gasteiger partial charge is 0.344 e. The Bertz CT molecular complexity index is 1170. The highest BCUT2D eigenvalue weighted by molar-refractivity contribution is 6.18. The third-order valence-corrected chi connectivity index (χ3v) is 4.41. The molecular weight excluding hydrogens is 320 g/mol. The molecule has 0 amide bonds. The Kier molecular flexibility index (Phi) is 3.50. The van der Waals surface area contributed by atoms with Gasteiger partial charge >= 0.3 is 5.63 Å². The van der Waals surface area contributed by atoms with Crippen molar-refractivity contribution in [2.75, 3.05) is 21.3 Å². The molecule has 0 aliphatic heterocycles. The number of hydrogen-bond donors (Lipinski definition) is 0. The van der Waals surface area contributed by atoms with Gasteiger partial charge in [0.05, 0.1) is 32.1 Å². The molecule has 0 unspecified atom stereocenters. The van der Waals surface area contributed by atoms with E-state index in [-0.39, 0.29) is 0 Å². The van der Waals surface area contributed by atoms with Gasteiger partial charge in [-0.15, -0.1) is 0 Å². The Hall–Kier alpha value is -3.21. The van der Waals surface area contributed by atoms with Crippen LogP contribution in [0.15, 0.2) is 51.7 Å². The van der Waals surface area contributed by atoms with Crippen molar-refractivity contribution >= 4 is 32.5 Å². The molecule has 126 valence electrons. The summed E-state index contributed by atoms with van der Waals surface area (Å²) in [4.78, 5) is 12.5. The van der Waals surface area contributed by atoms with Crippen LogP contribution in [-0.4, -0.2) is 21.3 Å². The molecule has 0 radical (unpaired) electrons. The summed E-state index contributed by atoms with van der Waals surface area (Å²) in [6.07, 6.45) is 0. The van der Waals surface area contributed by atoms with Crippen molar-refractivity contribution in [2.24, 2.45) is 0 Å². The molecule has 1 aromatic heterocycles. The zero-order valence-electron chi connectivity index (χ0n) is 14.1. The molecule has 4 aromatic rings. The quantitative estimate of drug-likeness (QED) is 0.416. The van der Waals surface area contributed by atoms with Crippen molar-refractivity contribution in [1.82, 2.24) is 0 Å². The monoisotopic (exact) mass is 336 g/mol. The van der Waals surface area contributed by atoms with E-state index in [0.717, 1.165) is 16.2 Å². The molecule has 0 atom stereocenters. The fourth-order valence-corrected chi connectivity index (χ4v) is 3.31. The molecule has 0 aliphatic rings. The van der Waals surface area contributed by atoms with E-state index in [2.05, 4.69) is 0 Å². The fraction of sp³-hybridized carbons (Fsp3) is 0.150. The highest BCUT2D eigenvalue weighted by Gasteiger charge is 2.18. The van der Waals surface area contributed by atoms with E-state index in [4.69, 9.17) is 18.6 Å². The normalized spacial score (nSPS) is 11.2. The second kappa shape index (κ2) is 5.70. The molecule has 25 heavy (non-hydrogen) atoms. The van der Waals surface area contributed by atoms with Crippen LogP contribution in [-0.2, 0) is 0 Å². The van der Waals surface area contributed by atoms with E-state index in [1.807, 2.05) is 30.3 Å². The first-order valence-electron chi connectivity index (χ1n) is 7.76. The lowest BCUT2D eigenvalue weighted by Gasteiger charge is -2.14. The molecule has 0 aliphatic carbocycles. The average Bonchev–Trinajstić information content (AvgIpc) is 2.66. The van der Waals surface area contributed by atoms with Crippen molar-refractivity contribution in [2.45, 2.75) is 0 Å². The van der Waals surface area contributed by atoms with Crippen LogP contribution in [0.2, 0.25) is 0 Å². The van der Waals surface area contributed by atoms with Gasteiger partial charge in [0, 0.05) is 16.2 Å². The second-order valence-corrected chi connectivity index (χ2v) is 5.61. The Morgan fingerprint density at radius 1 is 0.720 bits per heavy atom. The molecule has 3 aromatic carbocycles. The van der Waals surface area contributed by atoms with Crippen LogP contribution in [0.3, 0.4) is 0 Å². The second-order valence-electron chi connectivity index (χ2n) is 5.61. The molecule has 0 bridgehead atoms. The minimum Gasteiger partial charge on any atom is -0.496 e. The van der Waals surface area contributed by atoms with E-state index >= 15 is 0 Å². The molecular formula is C20H16O5. The summed E-state index contributed by atoms with van der Waals surface area (Å²) in [5, 5.41) is 3.44.